The van der Waals surface area contributed by atoms with Crippen molar-refractivity contribution in [3.8, 4) is 0 Å². The molecule has 1 aromatic rings. The maximum atomic E-state index is 13.0. The molecule has 0 aliphatic heterocycles. The zero-order chi connectivity index (χ0) is 15.3. The first-order chi connectivity index (χ1) is 9.31. The van der Waals surface area contributed by atoms with Crippen LogP contribution in [0.5, 0.6) is 0 Å². The van der Waals surface area contributed by atoms with Crippen LogP contribution in [0.1, 0.15) is 15.9 Å². The van der Waals surface area contributed by atoms with Crippen molar-refractivity contribution in [3.63, 3.8) is 0 Å². The Balaban J connectivity index is 3.33. The van der Waals surface area contributed by atoms with Crippen molar-refractivity contribution in [2.24, 2.45) is 0 Å². The molecule has 0 saturated heterocycles. The number of aliphatic hydroxyl groups is 2. The highest BCUT2D eigenvalue weighted by Crippen LogP contribution is 2.37. The van der Waals surface area contributed by atoms with Crippen LogP contribution in [0, 0.1) is 0 Å². The molecule has 8 heteroatoms. The van der Waals surface area contributed by atoms with E-state index in [-0.39, 0.29) is 18.8 Å². The normalized spacial score (nSPS) is 11.4. The lowest BCUT2D eigenvalue weighted by atomic mass is 10.1. The molecule has 5 nitrogen and oxygen atoms in total. The number of hydrogen-bond donors (Lipinski definition) is 3. The van der Waals surface area contributed by atoms with E-state index >= 15 is 0 Å². The maximum Gasteiger partial charge on any atom is 0.418 e. The molecule has 0 aliphatic carbocycles. The van der Waals surface area contributed by atoms with Gasteiger partial charge in [0.2, 0.25) is 0 Å². The van der Waals surface area contributed by atoms with Gasteiger partial charge < -0.3 is 20.2 Å². The summed E-state index contributed by atoms with van der Waals surface area (Å²) in [6.07, 6.45) is -4.73. The molecular formula is C12H14F3NO4. The van der Waals surface area contributed by atoms with Crippen molar-refractivity contribution in [2.45, 2.75) is 6.18 Å². The summed E-state index contributed by atoms with van der Waals surface area (Å²) in [5, 5.41) is 26.5. The van der Waals surface area contributed by atoms with Gasteiger partial charge in [0.05, 0.1) is 24.3 Å². The van der Waals surface area contributed by atoms with E-state index in [1.54, 1.807) is 0 Å². The minimum Gasteiger partial charge on any atom is -0.478 e. The number of carboxylic acid groups (broad SMARTS) is 1. The monoisotopic (exact) mass is 293 g/mol. The van der Waals surface area contributed by atoms with E-state index in [0.29, 0.717) is 6.07 Å². The van der Waals surface area contributed by atoms with Gasteiger partial charge in [-0.2, -0.15) is 13.2 Å². The molecule has 1 rings (SSSR count). The molecule has 0 saturated carbocycles. The van der Waals surface area contributed by atoms with E-state index < -0.39 is 36.5 Å². The SMILES string of the molecule is O=C(O)c1ccc(N(CCO)CCO)c(C(F)(F)F)c1. The number of carbonyl (C=O) groups is 1. The average Bonchev–Trinajstić information content (AvgIpc) is 2.36. The number of anilines is 1. The Morgan fingerprint density at radius 1 is 1.15 bits per heavy atom. The summed E-state index contributed by atoms with van der Waals surface area (Å²) < 4.78 is 39.0. The van der Waals surface area contributed by atoms with E-state index in [4.69, 9.17) is 15.3 Å². The van der Waals surface area contributed by atoms with Gasteiger partial charge in [-0.1, -0.05) is 0 Å². The van der Waals surface area contributed by atoms with Gasteiger partial charge in [0.25, 0.3) is 0 Å². The number of aliphatic hydroxyl groups excluding tert-OH is 2. The summed E-state index contributed by atoms with van der Waals surface area (Å²) in [6.45, 7) is -0.984. The van der Waals surface area contributed by atoms with Crippen LogP contribution in [0.25, 0.3) is 0 Å². The first kappa shape index (κ1) is 16.3. The predicted molar refractivity (Wildman–Crippen MR) is 64.8 cm³/mol. The Morgan fingerprint density at radius 2 is 1.70 bits per heavy atom. The van der Waals surface area contributed by atoms with Gasteiger partial charge in [0, 0.05) is 18.8 Å². The smallest absolute Gasteiger partial charge is 0.418 e. The molecule has 0 unspecified atom stereocenters. The second-order valence-corrected chi connectivity index (χ2v) is 3.97. The van der Waals surface area contributed by atoms with Crippen LogP contribution in [0.2, 0.25) is 0 Å². The predicted octanol–water partition coefficient (Wildman–Crippen LogP) is 1.19. The molecule has 0 aromatic heterocycles. The molecule has 0 radical (unpaired) electrons. The third-order valence-electron chi connectivity index (χ3n) is 2.63. The van der Waals surface area contributed by atoms with E-state index in [9.17, 15) is 18.0 Å². The lowest BCUT2D eigenvalue weighted by molar-refractivity contribution is -0.137. The van der Waals surface area contributed by atoms with E-state index in [1.807, 2.05) is 0 Å². The Labute approximate surface area is 112 Å². The fourth-order valence-corrected chi connectivity index (χ4v) is 1.77. The first-order valence-electron chi connectivity index (χ1n) is 5.72. The Morgan fingerprint density at radius 3 is 2.10 bits per heavy atom. The molecule has 0 atom stereocenters. The molecule has 0 aliphatic rings. The fraction of sp³-hybridized carbons (Fsp3) is 0.417. The highest BCUT2D eigenvalue weighted by atomic mass is 19.4. The van der Waals surface area contributed by atoms with Gasteiger partial charge in [-0.25, -0.2) is 4.79 Å². The number of alkyl halides is 3. The average molecular weight is 293 g/mol. The molecule has 0 fully saturated rings. The van der Waals surface area contributed by atoms with Gasteiger partial charge >= 0.3 is 12.1 Å². The quantitative estimate of drug-likeness (QED) is 0.734. The molecule has 112 valence electrons. The van der Waals surface area contributed by atoms with Crippen LogP contribution >= 0.6 is 0 Å². The van der Waals surface area contributed by atoms with E-state index in [1.165, 1.54) is 0 Å². The van der Waals surface area contributed by atoms with Gasteiger partial charge in [-0.3, -0.25) is 0 Å². The fourth-order valence-electron chi connectivity index (χ4n) is 1.77. The molecule has 20 heavy (non-hydrogen) atoms. The molecule has 0 bridgehead atoms. The van der Waals surface area contributed by atoms with E-state index in [2.05, 4.69) is 0 Å². The minimum atomic E-state index is -4.73. The summed E-state index contributed by atoms with van der Waals surface area (Å²) in [6, 6.07) is 2.62. The maximum absolute atomic E-state index is 13.0. The molecule has 0 spiro atoms. The Kier molecular flexibility index (Phi) is 5.34. The largest absolute Gasteiger partial charge is 0.478 e. The van der Waals surface area contributed by atoms with Gasteiger partial charge in [-0.15, -0.1) is 0 Å². The van der Waals surface area contributed by atoms with Crippen molar-refractivity contribution < 1.29 is 33.3 Å². The Hall–Kier alpha value is -1.80. The van der Waals surface area contributed by atoms with E-state index in [0.717, 1.165) is 17.0 Å². The van der Waals surface area contributed by atoms with Gasteiger partial charge in [0.15, 0.2) is 0 Å². The summed E-state index contributed by atoms with van der Waals surface area (Å²) in [7, 11) is 0. The van der Waals surface area contributed by atoms with Crippen LogP contribution in [-0.4, -0.2) is 47.6 Å². The van der Waals surface area contributed by atoms with Crippen molar-refractivity contribution in [3.05, 3.63) is 29.3 Å². The first-order valence-corrected chi connectivity index (χ1v) is 5.72. The second kappa shape index (κ2) is 6.58. The van der Waals surface area contributed by atoms with Crippen molar-refractivity contribution in [1.82, 2.24) is 0 Å². The summed E-state index contributed by atoms with van der Waals surface area (Å²) >= 11 is 0. The summed E-state index contributed by atoms with van der Waals surface area (Å²) in [5.74, 6) is -1.46. The van der Waals surface area contributed by atoms with Crippen molar-refractivity contribution in [1.29, 1.82) is 0 Å². The highest BCUT2D eigenvalue weighted by Gasteiger charge is 2.35. The standard InChI is InChI=1S/C12H14F3NO4/c13-12(14,15)9-7-8(11(19)20)1-2-10(9)16(3-5-17)4-6-18/h1-2,7,17-18H,3-6H2,(H,19,20). The lowest BCUT2D eigenvalue weighted by Gasteiger charge is -2.26. The van der Waals surface area contributed by atoms with Crippen LogP contribution in [-0.2, 0) is 6.18 Å². The lowest BCUT2D eigenvalue weighted by Crippen LogP contribution is -2.31. The number of hydrogen-bond acceptors (Lipinski definition) is 4. The topological polar surface area (TPSA) is 81.0 Å². The molecule has 1 aromatic carbocycles. The minimum absolute atomic E-state index is 0.101. The number of benzene rings is 1. The number of aromatic carboxylic acids is 1. The summed E-state index contributed by atoms with van der Waals surface area (Å²) in [4.78, 5) is 11.9. The van der Waals surface area contributed by atoms with Crippen LogP contribution < -0.4 is 4.90 Å². The van der Waals surface area contributed by atoms with Crippen molar-refractivity contribution in [2.75, 3.05) is 31.2 Å². The number of rotatable bonds is 6. The molecule has 0 heterocycles. The van der Waals surface area contributed by atoms with Crippen molar-refractivity contribution >= 4 is 11.7 Å². The van der Waals surface area contributed by atoms with Crippen LogP contribution in [0.3, 0.4) is 0 Å². The number of nitrogens with zero attached hydrogens (tertiary/aromatic N) is 1. The van der Waals surface area contributed by atoms with Crippen LogP contribution in [0.4, 0.5) is 18.9 Å². The highest BCUT2D eigenvalue weighted by molar-refractivity contribution is 5.88. The number of halogens is 3. The zero-order valence-electron chi connectivity index (χ0n) is 10.4. The second-order valence-electron chi connectivity index (χ2n) is 3.97. The van der Waals surface area contributed by atoms with Gasteiger partial charge in [-0.05, 0) is 18.2 Å². The zero-order valence-corrected chi connectivity index (χ0v) is 10.4. The molecule has 0 amide bonds. The summed E-state index contributed by atoms with van der Waals surface area (Å²) in [5.41, 5.74) is -1.86. The molecular weight excluding hydrogens is 279 g/mol. The third kappa shape index (κ3) is 3.84. The van der Waals surface area contributed by atoms with Crippen LogP contribution in [0.15, 0.2) is 18.2 Å². The number of carboxylic acids is 1. The molecule has 3 N–H and O–H groups in total. The van der Waals surface area contributed by atoms with Gasteiger partial charge in [0.1, 0.15) is 0 Å². The Bertz CT molecular complexity index is 470. The third-order valence-corrected chi connectivity index (χ3v) is 2.63.